The highest BCUT2D eigenvalue weighted by molar-refractivity contribution is 5.73. The standard InChI is InChI=1S/C24H30N6O.2C2HF3O2/c1-17-6-18(2)8-19(7-17)12-30-5-4-24(14-30)15-31-13-20-9-26-23(28-22(20)24)27-11-21-10-25-16-29(21)3;2*3-2(4,5)1(6)7/h6-10,16H,4-5,11-15H2,1-3H3,(H,26,27,28);2*(H,6,7). The van der Waals surface area contributed by atoms with E-state index in [0.717, 1.165) is 49.6 Å². The van der Waals surface area contributed by atoms with Crippen LogP contribution in [0.1, 0.15) is 40.1 Å². The molecule has 0 aliphatic carbocycles. The number of hydrogen-bond acceptors (Lipinski definition) is 8. The number of aryl methyl sites for hydroxylation is 3. The van der Waals surface area contributed by atoms with Crippen LogP contribution in [-0.4, -0.2) is 78.6 Å². The van der Waals surface area contributed by atoms with E-state index in [1.54, 1.807) is 6.33 Å². The Kier molecular flexibility index (Phi) is 11.1. The number of aromatic nitrogens is 4. The van der Waals surface area contributed by atoms with Gasteiger partial charge in [0.2, 0.25) is 5.95 Å². The van der Waals surface area contributed by atoms with Gasteiger partial charge in [-0.15, -0.1) is 0 Å². The molecule has 11 nitrogen and oxygen atoms in total. The first-order valence-electron chi connectivity index (χ1n) is 13.4. The zero-order chi connectivity index (χ0) is 33.6. The van der Waals surface area contributed by atoms with E-state index in [2.05, 4.69) is 52.2 Å². The maximum atomic E-state index is 10.6. The number of fused-ring (bicyclic) bond motifs is 2. The number of nitrogens with one attached hydrogen (secondary N) is 1. The number of carboxylic acids is 2. The summed E-state index contributed by atoms with van der Waals surface area (Å²) in [4.78, 5) is 34.0. The van der Waals surface area contributed by atoms with Crippen molar-refractivity contribution >= 4 is 17.9 Å². The van der Waals surface area contributed by atoms with Gasteiger partial charge in [-0.1, -0.05) is 29.3 Å². The highest BCUT2D eigenvalue weighted by Gasteiger charge is 2.45. The summed E-state index contributed by atoms with van der Waals surface area (Å²) >= 11 is 0. The van der Waals surface area contributed by atoms with Crippen LogP contribution in [0.2, 0.25) is 0 Å². The van der Waals surface area contributed by atoms with Crippen LogP contribution in [0.15, 0.2) is 36.9 Å². The molecule has 5 rings (SSSR count). The maximum absolute atomic E-state index is 10.6. The SMILES string of the molecule is Cc1cc(C)cc(CN2CCC3(COCc4cnc(NCc5cncn5C)nc43)C2)c1.O=C(O)C(F)(F)F.O=C(O)C(F)(F)F. The average Bonchev–Trinajstić information content (AvgIpc) is 3.52. The molecule has 2 aliphatic heterocycles. The molecule has 1 spiro atoms. The second-order valence-corrected chi connectivity index (χ2v) is 10.8. The molecule has 246 valence electrons. The van der Waals surface area contributed by atoms with E-state index >= 15 is 0 Å². The first-order valence-corrected chi connectivity index (χ1v) is 13.4. The van der Waals surface area contributed by atoms with Crippen molar-refractivity contribution in [3.8, 4) is 0 Å². The summed E-state index contributed by atoms with van der Waals surface area (Å²) in [5.74, 6) is -4.84. The molecule has 1 unspecified atom stereocenters. The van der Waals surface area contributed by atoms with Crippen molar-refractivity contribution in [3.63, 3.8) is 0 Å². The molecule has 45 heavy (non-hydrogen) atoms. The van der Waals surface area contributed by atoms with Crippen molar-refractivity contribution in [2.75, 3.05) is 25.0 Å². The Balaban J connectivity index is 0.000000331. The van der Waals surface area contributed by atoms with E-state index < -0.39 is 24.3 Å². The fourth-order valence-electron chi connectivity index (χ4n) is 5.03. The quantitative estimate of drug-likeness (QED) is 0.342. The van der Waals surface area contributed by atoms with Crippen LogP contribution in [0.3, 0.4) is 0 Å². The normalized spacial score (nSPS) is 17.9. The topological polar surface area (TPSA) is 143 Å². The molecule has 3 aromatic rings. The van der Waals surface area contributed by atoms with Crippen LogP contribution in [0.25, 0.3) is 0 Å². The number of aliphatic carboxylic acids is 2. The van der Waals surface area contributed by atoms with E-state index in [1.807, 2.05) is 24.0 Å². The second-order valence-electron chi connectivity index (χ2n) is 10.8. The molecule has 0 amide bonds. The van der Waals surface area contributed by atoms with Crippen LogP contribution < -0.4 is 5.32 Å². The van der Waals surface area contributed by atoms with Gasteiger partial charge in [-0.05, 0) is 32.4 Å². The van der Waals surface area contributed by atoms with Crippen LogP contribution in [-0.2, 0) is 46.5 Å². The van der Waals surface area contributed by atoms with Crippen molar-refractivity contribution in [2.45, 2.75) is 57.7 Å². The molecule has 1 aromatic carbocycles. The zero-order valence-corrected chi connectivity index (χ0v) is 24.5. The van der Waals surface area contributed by atoms with E-state index in [1.165, 1.54) is 16.7 Å². The second kappa shape index (κ2) is 14.2. The number of carbonyl (C=O) groups is 2. The number of alkyl halides is 6. The van der Waals surface area contributed by atoms with Gasteiger partial charge in [0, 0.05) is 38.1 Å². The third kappa shape index (κ3) is 9.87. The largest absolute Gasteiger partial charge is 0.490 e. The van der Waals surface area contributed by atoms with Gasteiger partial charge < -0.3 is 24.8 Å². The zero-order valence-electron chi connectivity index (χ0n) is 24.5. The first-order chi connectivity index (χ1) is 20.9. The summed E-state index contributed by atoms with van der Waals surface area (Å²) in [6.45, 7) is 9.29. The Morgan fingerprint density at radius 3 is 2.16 bits per heavy atom. The first kappa shape index (κ1) is 35.2. The minimum absolute atomic E-state index is 0.0572. The summed E-state index contributed by atoms with van der Waals surface area (Å²) < 4.78 is 71.5. The average molecular weight is 647 g/mol. The third-order valence-electron chi connectivity index (χ3n) is 6.95. The molecular weight excluding hydrogens is 614 g/mol. The molecule has 2 aliphatic rings. The molecule has 0 saturated carbocycles. The van der Waals surface area contributed by atoms with Gasteiger partial charge in [-0.25, -0.2) is 24.5 Å². The number of anilines is 1. The molecule has 1 fully saturated rings. The van der Waals surface area contributed by atoms with Gasteiger partial charge in [-0.2, -0.15) is 26.3 Å². The summed E-state index contributed by atoms with van der Waals surface area (Å²) in [5.41, 5.74) is 7.35. The molecular formula is C28H32F6N6O5. The van der Waals surface area contributed by atoms with Gasteiger partial charge in [-0.3, -0.25) is 4.90 Å². The van der Waals surface area contributed by atoms with Crippen molar-refractivity contribution in [2.24, 2.45) is 7.05 Å². The van der Waals surface area contributed by atoms with Crippen LogP contribution in [0.4, 0.5) is 32.3 Å². The van der Waals surface area contributed by atoms with Crippen molar-refractivity contribution in [1.29, 1.82) is 0 Å². The van der Waals surface area contributed by atoms with Crippen LogP contribution in [0, 0.1) is 13.8 Å². The molecule has 3 N–H and O–H groups in total. The van der Waals surface area contributed by atoms with Gasteiger partial charge in [0.15, 0.2) is 0 Å². The van der Waals surface area contributed by atoms with Crippen LogP contribution in [0.5, 0.6) is 0 Å². The number of ether oxygens (including phenoxy) is 1. The Bertz CT molecular complexity index is 1450. The summed E-state index contributed by atoms with van der Waals surface area (Å²) in [5, 5.41) is 17.6. The van der Waals surface area contributed by atoms with E-state index in [0.29, 0.717) is 19.1 Å². The van der Waals surface area contributed by atoms with E-state index in [-0.39, 0.29) is 5.41 Å². The highest BCUT2D eigenvalue weighted by Crippen LogP contribution is 2.39. The summed E-state index contributed by atoms with van der Waals surface area (Å²) in [6.07, 6.45) is -3.51. The smallest absolute Gasteiger partial charge is 0.475 e. The Morgan fingerprint density at radius 2 is 1.62 bits per heavy atom. The molecule has 1 atom stereocenters. The number of likely N-dealkylation sites (tertiary alicyclic amines) is 1. The molecule has 4 heterocycles. The molecule has 1 saturated heterocycles. The Hall–Kier alpha value is -4.25. The fraction of sp³-hybridized carbons (Fsp3) is 0.464. The Morgan fingerprint density at radius 1 is 1.02 bits per heavy atom. The predicted octanol–water partition coefficient (Wildman–Crippen LogP) is 4.38. The Labute approximate surface area is 253 Å². The van der Waals surface area contributed by atoms with Gasteiger partial charge in [0.1, 0.15) is 0 Å². The number of nitrogens with zero attached hydrogens (tertiary/aromatic N) is 5. The van der Waals surface area contributed by atoms with Gasteiger partial charge in [0.25, 0.3) is 0 Å². The van der Waals surface area contributed by atoms with Crippen molar-refractivity contribution < 1.29 is 50.9 Å². The number of hydrogen-bond donors (Lipinski definition) is 3. The summed E-state index contributed by atoms with van der Waals surface area (Å²) in [7, 11) is 1.99. The number of halogens is 6. The molecule has 17 heteroatoms. The monoisotopic (exact) mass is 646 g/mol. The lowest BCUT2D eigenvalue weighted by atomic mass is 9.80. The maximum Gasteiger partial charge on any atom is 0.490 e. The number of imidazole rings is 1. The van der Waals surface area contributed by atoms with Gasteiger partial charge in [0.05, 0.1) is 42.9 Å². The highest BCUT2D eigenvalue weighted by atomic mass is 19.4. The number of benzene rings is 1. The molecule has 0 bridgehead atoms. The predicted molar refractivity (Wildman–Crippen MR) is 147 cm³/mol. The third-order valence-corrected chi connectivity index (χ3v) is 6.95. The van der Waals surface area contributed by atoms with E-state index in [4.69, 9.17) is 29.5 Å². The minimum Gasteiger partial charge on any atom is -0.475 e. The van der Waals surface area contributed by atoms with Crippen LogP contribution >= 0.6 is 0 Å². The lowest BCUT2D eigenvalue weighted by molar-refractivity contribution is -0.193. The van der Waals surface area contributed by atoms with E-state index in [9.17, 15) is 26.3 Å². The van der Waals surface area contributed by atoms with Crippen molar-refractivity contribution in [3.05, 3.63) is 70.6 Å². The number of rotatable bonds is 5. The fourth-order valence-corrected chi connectivity index (χ4v) is 5.03. The molecule has 0 radical (unpaired) electrons. The van der Waals surface area contributed by atoms with Crippen molar-refractivity contribution in [1.82, 2.24) is 24.4 Å². The van der Waals surface area contributed by atoms with Gasteiger partial charge >= 0.3 is 24.3 Å². The lowest BCUT2D eigenvalue weighted by Crippen LogP contribution is -2.40. The minimum atomic E-state index is -5.08. The molecule has 2 aromatic heterocycles. The number of carboxylic acid groups (broad SMARTS) is 2. The lowest BCUT2D eigenvalue weighted by Gasteiger charge is -2.34. The summed E-state index contributed by atoms with van der Waals surface area (Å²) in [6, 6.07) is 6.83.